The lowest BCUT2D eigenvalue weighted by Crippen LogP contribution is -2.32. The number of nitrogens with one attached hydrogen (secondary N) is 1. The molecular formula is C25H28N4O3S. The second-order valence-corrected chi connectivity index (χ2v) is 8.64. The highest BCUT2D eigenvalue weighted by Crippen LogP contribution is 2.40. The van der Waals surface area contributed by atoms with Crippen molar-refractivity contribution in [3.63, 3.8) is 0 Å². The van der Waals surface area contributed by atoms with Gasteiger partial charge in [0.25, 0.3) is 0 Å². The fourth-order valence-corrected chi connectivity index (χ4v) is 4.43. The number of esters is 1. The van der Waals surface area contributed by atoms with E-state index in [0.29, 0.717) is 16.4 Å². The van der Waals surface area contributed by atoms with Crippen molar-refractivity contribution >= 4 is 23.3 Å². The van der Waals surface area contributed by atoms with E-state index >= 15 is 0 Å². The lowest BCUT2D eigenvalue weighted by molar-refractivity contribution is 0.0601. The molecule has 3 aromatic rings. The average Bonchev–Trinajstić information content (AvgIpc) is 3.44. The van der Waals surface area contributed by atoms with Crippen molar-refractivity contribution in [1.29, 1.82) is 0 Å². The van der Waals surface area contributed by atoms with Gasteiger partial charge in [-0.25, -0.2) is 4.79 Å². The van der Waals surface area contributed by atoms with Crippen LogP contribution in [-0.2, 0) is 4.74 Å². The fourth-order valence-electron chi connectivity index (χ4n) is 4.10. The van der Waals surface area contributed by atoms with Crippen LogP contribution >= 0.6 is 12.2 Å². The first-order chi connectivity index (χ1) is 16.0. The van der Waals surface area contributed by atoms with E-state index < -0.39 is 0 Å². The highest BCUT2D eigenvalue weighted by molar-refractivity contribution is 7.80. The lowest BCUT2D eigenvalue weighted by atomic mass is 10.0. The van der Waals surface area contributed by atoms with E-state index in [9.17, 15) is 4.79 Å². The monoisotopic (exact) mass is 464 g/mol. The van der Waals surface area contributed by atoms with Gasteiger partial charge in [0.15, 0.2) is 5.11 Å². The number of thiocarbonyl (C=S) groups is 1. The molecule has 2 aromatic heterocycles. The molecule has 4 rings (SSSR count). The molecular weight excluding hydrogens is 436 g/mol. The van der Waals surface area contributed by atoms with Crippen LogP contribution in [0.3, 0.4) is 0 Å². The van der Waals surface area contributed by atoms with E-state index in [0.717, 1.165) is 36.5 Å². The molecule has 0 aliphatic carbocycles. The number of nitrogens with zero attached hydrogens (tertiary/aromatic N) is 3. The van der Waals surface area contributed by atoms with E-state index in [1.54, 1.807) is 18.3 Å². The molecule has 0 spiro atoms. The summed E-state index contributed by atoms with van der Waals surface area (Å²) in [5.74, 6) is 1.10. The Morgan fingerprint density at radius 2 is 2.06 bits per heavy atom. The molecule has 0 radical (unpaired) electrons. The van der Waals surface area contributed by atoms with Gasteiger partial charge in [0.05, 0.1) is 24.4 Å². The Kier molecular flexibility index (Phi) is 7.05. The van der Waals surface area contributed by atoms with Crippen LogP contribution in [0.4, 0.5) is 0 Å². The molecule has 1 aliphatic rings. The maximum Gasteiger partial charge on any atom is 0.337 e. The maximum atomic E-state index is 11.9. The van der Waals surface area contributed by atoms with Crippen molar-refractivity contribution in [2.24, 2.45) is 0 Å². The number of furan rings is 1. The van der Waals surface area contributed by atoms with Gasteiger partial charge in [0.2, 0.25) is 0 Å². The largest absolute Gasteiger partial charge is 0.465 e. The number of methoxy groups -OCH3 is 1. The van der Waals surface area contributed by atoms with Crippen molar-refractivity contribution < 1.29 is 13.9 Å². The van der Waals surface area contributed by atoms with E-state index in [4.69, 9.17) is 21.4 Å². The lowest BCUT2D eigenvalue weighted by Gasteiger charge is -2.26. The molecule has 0 saturated carbocycles. The number of aromatic nitrogens is 1. The highest BCUT2D eigenvalue weighted by atomic mass is 32.1. The molecule has 1 aliphatic heterocycles. The van der Waals surface area contributed by atoms with Crippen molar-refractivity contribution in [3.05, 3.63) is 77.8 Å². The van der Waals surface area contributed by atoms with Crippen LogP contribution in [0.5, 0.6) is 0 Å². The van der Waals surface area contributed by atoms with E-state index in [1.807, 2.05) is 42.5 Å². The summed E-state index contributed by atoms with van der Waals surface area (Å²) in [5.41, 5.74) is 2.20. The second kappa shape index (κ2) is 10.1. The Labute approximate surface area is 199 Å². The molecule has 33 heavy (non-hydrogen) atoms. The molecule has 2 atom stereocenters. The van der Waals surface area contributed by atoms with Crippen molar-refractivity contribution in [1.82, 2.24) is 20.1 Å². The van der Waals surface area contributed by atoms with Crippen molar-refractivity contribution in [3.8, 4) is 11.3 Å². The third-order valence-electron chi connectivity index (χ3n) is 5.69. The first-order valence-corrected chi connectivity index (χ1v) is 11.3. The molecule has 0 amide bonds. The van der Waals surface area contributed by atoms with Gasteiger partial charge in [-0.3, -0.25) is 4.98 Å². The summed E-state index contributed by atoms with van der Waals surface area (Å²) in [7, 11) is 5.50. The van der Waals surface area contributed by atoms with Crippen LogP contribution in [0.2, 0.25) is 0 Å². The molecule has 7 nitrogen and oxygen atoms in total. The normalized spacial score (nSPS) is 17.9. The first kappa shape index (κ1) is 22.9. The Morgan fingerprint density at radius 1 is 1.21 bits per heavy atom. The van der Waals surface area contributed by atoms with Gasteiger partial charge in [-0.15, -0.1) is 0 Å². The van der Waals surface area contributed by atoms with Crippen LogP contribution in [0, 0.1) is 0 Å². The summed E-state index contributed by atoms with van der Waals surface area (Å²) in [5, 5.41) is 4.14. The predicted molar refractivity (Wildman–Crippen MR) is 131 cm³/mol. The van der Waals surface area contributed by atoms with Crippen molar-refractivity contribution in [2.45, 2.75) is 18.5 Å². The Balaban J connectivity index is 1.66. The quantitative estimate of drug-likeness (QED) is 0.396. The predicted octanol–water partition coefficient (Wildman–Crippen LogP) is 4.05. The summed E-state index contributed by atoms with van der Waals surface area (Å²) in [6.45, 7) is 1.76. The minimum absolute atomic E-state index is 0.126. The molecule has 8 heteroatoms. The third-order valence-corrected chi connectivity index (χ3v) is 6.04. The number of hydrogen-bond donors (Lipinski definition) is 1. The van der Waals surface area contributed by atoms with Gasteiger partial charge in [-0.05, 0) is 75.7 Å². The van der Waals surface area contributed by atoms with Gasteiger partial charge >= 0.3 is 5.97 Å². The SMILES string of the molecule is COC(=O)c1cccc(-c2ccc([C@H]3[C@H](c4ccccn4)NC(=S)N3CCCN(C)C)o2)c1. The molecule has 1 fully saturated rings. The van der Waals surface area contributed by atoms with Crippen LogP contribution in [0.15, 0.2) is 65.2 Å². The fraction of sp³-hybridized carbons (Fsp3) is 0.320. The van der Waals surface area contributed by atoms with Gasteiger partial charge in [-0.1, -0.05) is 18.2 Å². The molecule has 172 valence electrons. The maximum absolute atomic E-state index is 11.9. The van der Waals surface area contributed by atoms with E-state index in [2.05, 4.69) is 34.2 Å². The first-order valence-electron chi connectivity index (χ1n) is 10.9. The number of hydrogen-bond acceptors (Lipinski definition) is 6. The summed E-state index contributed by atoms with van der Waals surface area (Å²) >= 11 is 5.71. The number of carbonyl (C=O) groups excluding carboxylic acids is 1. The smallest absolute Gasteiger partial charge is 0.337 e. The van der Waals surface area contributed by atoms with E-state index in [1.165, 1.54) is 7.11 Å². The summed E-state index contributed by atoms with van der Waals surface area (Å²) < 4.78 is 11.2. The Morgan fingerprint density at radius 3 is 2.79 bits per heavy atom. The molecule has 1 aromatic carbocycles. The zero-order valence-electron chi connectivity index (χ0n) is 19.0. The topological polar surface area (TPSA) is 70.8 Å². The number of ether oxygens (including phenoxy) is 1. The van der Waals surface area contributed by atoms with E-state index in [-0.39, 0.29) is 18.1 Å². The summed E-state index contributed by atoms with van der Waals surface area (Å²) in [4.78, 5) is 20.9. The summed E-state index contributed by atoms with van der Waals surface area (Å²) in [6, 6.07) is 16.8. The van der Waals surface area contributed by atoms with Gasteiger partial charge < -0.3 is 24.3 Å². The zero-order chi connectivity index (χ0) is 23.4. The zero-order valence-corrected chi connectivity index (χ0v) is 19.8. The van der Waals surface area contributed by atoms with Crippen LogP contribution in [0.25, 0.3) is 11.3 Å². The van der Waals surface area contributed by atoms with Gasteiger partial charge in [0.1, 0.15) is 17.6 Å². The summed E-state index contributed by atoms with van der Waals surface area (Å²) in [6.07, 6.45) is 2.76. The van der Waals surface area contributed by atoms with Crippen LogP contribution < -0.4 is 5.32 Å². The number of benzene rings is 1. The molecule has 0 bridgehead atoms. The van der Waals surface area contributed by atoms with Crippen LogP contribution in [0.1, 0.15) is 40.3 Å². The van der Waals surface area contributed by atoms with Gasteiger partial charge in [-0.2, -0.15) is 0 Å². The molecule has 1 saturated heterocycles. The highest BCUT2D eigenvalue weighted by Gasteiger charge is 2.41. The molecule has 3 heterocycles. The Hall–Kier alpha value is -3.23. The minimum Gasteiger partial charge on any atom is -0.465 e. The average molecular weight is 465 g/mol. The minimum atomic E-state index is -0.378. The third kappa shape index (κ3) is 5.07. The van der Waals surface area contributed by atoms with Crippen molar-refractivity contribution in [2.75, 3.05) is 34.3 Å². The number of pyridine rings is 1. The number of carbonyl (C=O) groups is 1. The molecule has 1 N–H and O–H groups in total. The Bertz CT molecular complexity index is 1120. The van der Waals surface area contributed by atoms with Crippen LogP contribution in [-0.4, -0.2) is 60.2 Å². The second-order valence-electron chi connectivity index (χ2n) is 8.25. The molecule has 0 unspecified atom stereocenters. The van der Waals surface area contributed by atoms with Gasteiger partial charge in [0, 0.05) is 18.3 Å². The standard InChI is InChI=1S/C25H28N4O3S/c1-28(2)14-7-15-29-23(22(27-25(29)33)19-10-4-5-13-26-19)21-12-11-20(32-21)17-8-6-9-18(16-17)24(30)31-3/h4-6,8-13,16,22-23H,7,14-15H2,1-3H3,(H,27,33)/t22-,23-/m0/s1. The number of rotatable bonds is 8.